The Morgan fingerprint density at radius 3 is 1.23 bits per heavy atom. The van der Waals surface area contributed by atoms with Gasteiger partial charge in [0.15, 0.2) is 0 Å². The van der Waals surface area contributed by atoms with Crippen LogP contribution >= 0.6 is 0 Å². The fraction of sp³-hybridized carbons (Fsp3) is 0.103. The third-order valence-electron chi connectivity index (χ3n) is 6.49. The first-order valence-electron chi connectivity index (χ1n) is 12.8. The van der Waals surface area contributed by atoms with Gasteiger partial charge in [-0.3, -0.25) is 9.44 Å². The van der Waals surface area contributed by atoms with Crippen molar-refractivity contribution in [1.82, 2.24) is 0 Å². The number of carboxylic acids is 2. The summed E-state index contributed by atoms with van der Waals surface area (Å²) in [5, 5.41) is 19.4. The molecule has 0 fully saturated rings. The molecule has 0 saturated carbocycles. The average Bonchev–Trinajstić information content (AvgIpc) is 2.97. The van der Waals surface area contributed by atoms with Gasteiger partial charge in [0, 0.05) is 0 Å². The molecule has 0 amide bonds. The number of halogens is 6. The molecular formula is C29H20F6N2O8S2. The van der Waals surface area contributed by atoms with Gasteiger partial charge >= 0.3 is 24.3 Å². The first kappa shape index (κ1) is 34.8. The molecule has 0 saturated heterocycles. The highest BCUT2D eigenvalue weighted by Gasteiger charge is 2.38. The molecule has 0 aliphatic carbocycles. The second-order valence-electron chi connectivity index (χ2n) is 9.75. The van der Waals surface area contributed by atoms with E-state index in [1.165, 1.54) is 12.1 Å². The van der Waals surface area contributed by atoms with Crippen molar-refractivity contribution in [2.45, 2.75) is 28.6 Å². The van der Waals surface area contributed by atoms with Crippen LogP contribution in [0.1, 0.15) is 43.0 Å². The van der Waals surface area contributed by atoms with Crippen molar-refractivity contribution in [3.8, 4) is 0 Å². The standard InChI is InChI=1S/C29H20F6N2O8S2/c30-28(31,32)20-5-1-3-7-24(20)46(42,43)36-22-11-9-16(14-18(22)26(38)39)13-17-10-12-23(19(15-17)27(40)41)37-47(44,45)25-8-4-2-6-21(25)29(33,34)35/h1-12,14-15,36-37H,13H2,(H,38,39)(H,40,41). The largest absolute Gasteiger partial charge is 0.478 e. The lowest BCUT2D eigenvalue weighted by molar-refractivity contribution is -0.140. The summed E-state index contributed by atoms with van der Waals surface area (Å²) in [7, 11) is -9.88. The lowest BCUT2D eigenvalue weighted by atomic mass is 9.99. The van der Waals surface area contributed by atoms with Gasteiger partial charge in [0.25, 0.3) is 20.0 Å². The normalized spacial score (nSPS) is 12.4. The number of hydrogen-bond donors (Lipinski definition) is 4. The van der Waals surface area contributed by atoms with Crippen LogP contribution in [-0.2, 0) is 38.8 Å². The zero-order chi connectivity index (χ0) is 34.9. The maximum atomic E-state index is 13.4. The molecule has 0 unspecified atom stereocenters. The molecule has 10 nitrogen and oxygen atoms in total. The number of carbonyl (C=O) groups is 2. The molecule has 18 heteroatoms. The van der Waals surface area contributed by atoms with Gasteiger partial charge in [0.1, 0.15) is 0 Å². The second kappa shape index (κ2) is 12.6. The Morgan fingerprint density at radius 1 is 0.574 bits per heavy atom. The molecule has 0 bridgehead atoms. The van der Waals surface area contributed by atoms with Crippen molar-refractivity contribution < 1.29 is 63.0 Å². The number of carboxylic acid groups (broad SMARTS) is 2. The monoisotopic (exact) mass is 702 g/mol. The van der Waals surface area contributed by atoms with E-state index in [-0.39, 0.29) is 17.5 Å². The van der Waals surface area contributed by atoms with E-state index in [1.807, 2.05) is 9.44 Å². The minimum absolute atomic E-state index is 0.157. The van der Waals surface area contributed by atoms with Crippen LogP contribution in [0.3, 0.4) is 0 Å². The topological polar surface area (TPSA) is 167 Å². The SMILES string of the molecule is O=C(O)c1cc(Cc2ccc(NS(=O)(=O)c3ccccc3C(F)(F)F)c(C(=O)O)c2)ccc1NS(=O)(=O)c1ccccc1C(F)(F)F. The Morgan fingerprint density at radius 2 is 0.915 bits per heavy atom. The molecular weight excluding hydrogens is 682 g/mol. The molecule has 0 atom stereocenters. The molecule has 0 aliphatic heterocycles. The Kier molecular flexibility index (Phi) is 9.32. The van der Waals surface area contributed by atoms with Crippen LogP contribution in [0.2, 0.25) is 0 Å². The molecule has 47 heavy (non-hydrogen) atoms. The van der Waals surface area contributed by atoms with E-state index in [0.717, 1.165) is 48.5 Å². The number of alkyl halides is 6. The summed E-state index contributed by atoms with van der Waals surface area (Å²) in [6.07, 6.45) is -10.3. The van der Waals surface area contributed by atoms with Crippen molar-refractivity contribution in [3.63, 3.8) is 0 Å². The van der Waals surface area contributed by atoms with Crippen LogP contribution in [0.4, 0.5) is 37.7 Å². The van der Waals surface area contributed by atoms with Crippen LogP contribution in [0.25, 0.3) is 0 Å². The minimum Gasteiger partial charge on any atom is -0.478 e. The van der Waals surface area contributed by atoms with Gasteiger partial charge in [-0.15, -0.1) is 0 Å². The van der Waals surface area contributed by atoms with Gasteiger partial charge in [-0.2, -0.15) is 26.3 Å². The van der Waals surface area contributed by atoms with Crippen LogP contribution in [-0.4, -0.2) is 39.0 Å². The van der Waals surface area contributed by atoms with E-state index in [0.29, 0.717) is 24.3 Å². The predicted octanol–water partition coefficient (Wildman–Crippen LogP) is 6.31. The fourth-order valence-electron chi connectivity index (χ4n) is 4.44. The van der Waals surface area contributed by atoms with E-state index >= 15 is 0 Å². The summed E-state index contributed by atoms with van der Waals surface area (Å²) in [5.74, 6) is -3.33. The number of aromatic carboxylic acids is 2. The van der Waals surface area contributed by atoms with Gasteiger partial charge in [-0.05, 0) is 66.1 Å². The van der Waals surface area contributed by atoms with E-state index in [2.05, 4.69) is 0 Å². The lowest BCUT2D eigenvalue weighted by Crippen LogP contribution is -2.20. The van der Waals surface area contributed by atoms with Crippen LogP contribution < -0.4 is 9.44 Å². The molecule has 4 aromatic rings. The van der Waals surface area contributed by atoms with Gasteiger partial charge < -0.3 is 10.2 Å². The van der Waals surface area contributed by atoms with Gasteiger partial charge in [-0.1, -0.05) is 36.4 Å². The summed E-state index contributed by atoms with van der Waals surface area (Å²) >= 11 is 0. The highest BCUT2D eigenvalue weighted by atomic mass is 32.2. The maximum Gasteiger partial charge on any atom is 0.417 e. The maximum absolute atomic E-state index is 13.4. The zero-order valence-electron chi connectivity index (χ0n) is 23.2. The number of sulfonamides is 2. The molecule has 0 aliphatic rings. The molecule has 0 heterocycles. The van der Waals surface area contributed by atoms with Gasteiger partial charge in [-0.25, -0.2) is 26.4 Å². The Bertz CT molecular complexity index is 1950. The average molecular weight is 703 g/mol. The van der Waals surface area contributed by atoms with Crippen LogP contribution in [0.15, 0.2) is 94.7 Å². The van der Waals surface area contributed by atoms with Gasteiger partial charge in [0.05, 0.1) is 43.4 Å². The summed E-state index contributed by atoms with van der Waals surface area (Å²) < 4.78 is 136. The molecule has 0 aromatic heterocycles. The van der Waals surface area contributed by atoms with E-state index in [4.69, 9.17) is 0 Å². The number of benzene rings is 4. The molecule has 0 spiro atoms. The number of hydrogen-bond acceptors (Lipinski definition) is 6. The fourth-order valence-corrected chi connectivity index (χ4v) is 7.06. The highest BCUT2D eigenvalue weighted by molar-refractivity contribution is 7.93. The minimum atomic E-state index is -5.04. The third-order valence-corrected chi connectivity index (χ3v) is 9.34. The smallest absolute Gasteiger partial charge is 0.417 e. The highest BCUT2D eigenvalue weighted by Crippen LogP contribution is 2.36. The molecule has 248 valence electrons. The van der Waals surface area contributed by atoms with Crippen molar-refractivity contribution in [3.05, 3.63) is 118 Å². The first-order valence-corrected chi connectivity index (χ1v) is 15.8. The molecule has 4 N–H and O–H groups in total. The molecule has 4 aromatic carbocycles. The van der Waals surface area contributed by atoms with Crippen molar-refractivity contribution in [2.75, 3.05) is 9.44 Å². The van der Waals surface area contributed by atoms with Crippen LogP contribution in [0.5, 0.6) is 0 Å². The second-order valence-corrected chi connectivity index (χ2v) is 13.0. The molecule has 0 radical (unpaired) electrons. The lowest BCUT2D eigenvalue weighted by Gasteiger charge is -2.16. The summed E-state index contributed by atoms with van der Waals surface area (Å²) in [6, 6.07) is 12.9. The number of anilines is 2. The van der Waals surface area contributed by atoms with Crippen molar-refractivity contribution in [1.29, 1.82) is 0 Å². The zero-order valence-corrected chi connectivity index (χ0v) is 24.9. The first-order chi connectivity index (χ1) is 21.7. The predicted molar refractivity (Wildman–Crippen MR) is 154 cm³/mol. The third kappa shape index (κ3) is 7.83. The van der Waals surface area contributed by atoms with Crippen molar-refractivity contribution >= 4 is 43.4 Å². The number of nitrogens with one attached hydrogen (secondary N) is 2. The summed E-state index contributed by atoms with van der Waals surface area (Å²) in [6.45, 7) is 0. The van der Waals surface area contributed by atoms with E-state index in [1.54, 1.807) is 0 Å². The Hall–Kier alpha value is -5.10. The van der Waals surface area contributed by atoms with Crippen molar-refractivity contribution in [2.24, 2.45) is 0 Å². The quantitative estimate of drug-likeness (QED) is 0.140. The number of rotatable bonds is 10. The van der Waals surface area contributed by atoms with E-state index in [9.17, 15) is 63.0 Å². The van der Waals surface area contributed by atoms with Gasteiger partial charge in [0.2, 0.25) is 0 Å². The Balaban J connectivity index is 1.65. The van der Waals surface area contributed by atoms with E-state index < -0.39 is 87.8 Å². The summed E-state index contributed by atoms with van der Waals surface area (Å²) in [5.41, 5.74) is -5.13. The molecule has 4 rings (SSSR count). The Labute approximate surface area is 262 Å². The summed E-state index contributed by atoms with van der Waals surface area (Å²) in [4.78, 5) is 21.6. The van der Waals surface area contributed by atoms with Crippen LogP contribution in [0, 0.1) is 0 Å².